The van der Waals surface area contributed by atoms with Crippen LogP contribution in [0.1, 0.15) is 44.6 Å². The summed E-state index contributed by atoms with van der Waals surface area (Å²) in [6, 6.07) is 106. The van der Waals surface area contributed by atoms with Gasteiger partial charge in [-0.1, -0.05) is 164 Å². The molecule has 0 atom stereocenters. The predicted molar refractivity (Wildman–Crippen MR) is 486 cm³/mol. The molecule has 0 saturated carbocycles. The molecule has 14 heteroatoms. The summed E-state index contributed by atoms with van der Waals surface area (Å²) in [6.45, 7) is 17.2. The molecule has 0 amide bonds. The Morgan fingerprint density at radius 2 is 0.842 bits per heavy atom. The topological polar surface area (TPSA) is 58.8 Å². The standard InChI is InChI=1S/C16H17N2.6C15H15N2/c1-12-7-9-14-10-8-13(2)18(14)16(12)15-6-4-5-11-17(15)3;1-12-7-3-4-9-14(12)15-16(2)11-13-8-5-6-10-17(13)15;1-12-7-3-4-9-14(12)15-11-13-8-5-6-10-17(13)16(15)2;1-12-7-3-4-8-13(12)14-11-17-10-6-5-9-15(17)16(14)2;1-12-7-3-4-8-13(12)15-14-9-5-6-10-17(14)11-16(15)2;1-12-6-3-4-8-14(12)15-10-9-13-7-5-11-16(2)17(13)15;1-12-6-3-4-7-13(12)14-8-11-17-10-5-9-16(2)15(14)17/h4-11H,1-3H3;6*3-11H,1-2H3/q7*+1. The van der Waals surface area contributed by atoms with Gasteiger partial charge in [0.05, 0.1) is 88.3 Å². The normalized spacial score (nSPS) is 11.0. The Labute approximate surface area is 703 Å². The number of fused-ring (bicyclic) bond motifs is 7. The lowest BCUT2D eigenvalue weighted by Gasteiger charge is -2.10. The van der Waals surface area contributed by atoms with Crippen LogP contribution in [-0.2, 0) is 49.3 Å². The van der Waals surface area contributed by atoms with E-state index in [9.17, 15) is 0 Å². The van der Waals surface area contributed by atoms with E-state index in [0.29, 0.717) is 0 Å². The molecule has 15 heterocycles. The first kappa shape index (κ1) is 80.6. The number of pyridine rings is 6. The predicted octanol–water partition coefficient (Wildman–Crippen LogP) is 19.5. The highest BCUT2D eigenvalue weighted by molar-refractivity contribution is 5.79. The molecule has 0 N–H and O–H groups in total. The largest absolute Gasteiger partial charge is 0.309 e. The average molecular weight is 1580 g/mol. The number of benzene rings is 6. The molecule has 120 heavy (non-hydrogen) atoms. The SMILES string of the molecule is Cc1ccc2ccc(C)n2c1-c1cccc[n+]1C.Cc1ccccc1-c1c2ccccn2c[n+]1C.Cc1ccccc1-c1c[n+]2ccccc2n1C.Cc1ccccc1-c1cc2ccccn2[n+]1C.Cc1ccccc1-c1ccc2ccc[n+](C)n12.Cc1ccccc1-c1ccn2ccc[n+](C)c12.Cc1ccccc1-c1n2ccccc2c[n+]1C. The Kier molecular flexibility index (Phi) is 24.1. The highest BCUT2D eigenvalue weighted by Crippen LogP contribution is 2.31. The second-order valence-corrected chi connectivity index (χ2v) is 31.0. The highest BCUT2D eigenvalue weighted by Gasteiger charge is 2.24. The van der Waals surface area contributed by atoms with Gasteiger partial charge in [-0.25, -0.2) is 31.5 Å². The lowest BCUT2D eigenvalue weighted by atomic mass is 10.0. The molecule has 0 bridgehead atoms. The molecular formula is C106H107N14+7. The van der Waals surface area contributed by atoms with Gasteiger partial charge in [-0.3, -0.25) is 0 Å². The maximum atomic E-state index is 2.32. The molecule has 0 aliphatic carbocycles. The van der Waals surface area contributed by atoms with E-state index in [-0.39, 0.29) is 0 Å². The third kappa shape index (κ3) is 16.7. The van der Waals surface area contributed by atoms with Crippen LogP contribution in [0.3, 0.4) is 0 Å². The van der Waals surface area contributed by atoms with E-state index in [0.717, 1.165) is 0 Å². The van der Waals surface area contributed by atoms with E-state index >= 15 is 0 Å². The van der Waals surface area contributed by atoms with Gasteiger partial charge < -0.3 is 4.40 Å². The fourth-order valence-electron chi connectivity index (χ4n) is 16.5. The monoisotopic (exact) mass is 1580 g/mol. The van der Waals surface area contributed by atoms with Crippen LogP contribution in [0.15, 0.2) is 378 Å². The van der Waals surface area contributed by atoms with Crippen molar-refractivity contribution in [3.8, 4) is 78.9 Å². The molecule has 21 aromatic rings. The maximum Gasteiger partial charge on any atom is 0.294 e. The molecule has 0 saturated heterocycles. The fraction of sp³-hybridized carbons (Fsp3) is 0.142. The summed E-state index contributed by atoms with van der Waals surface area (Å²) in [6.07, 6.45) is 25.2. The van der Waals surface area contributed by atoms with Crippen molar-refractivity contribution in [1.82, 2.24) is 31.2 Å². The summed E-state index contributed by atoms with van der Waals surface area (Å²) >= 11 is 0. The summed E-state index contributed by atoms with van der Waals surface area (Å²) in [5.41, 5.74) is 35.5. The van der Waals surface area contributed by atoms with Crippen molar-refractivity contribution in [2.75, 3.05) is 0 Å². The van der Waals surface area contributed by atoms with E-state index < -0.39 is 0 Å². The van der Waals surface area contributed by atoms with Gasteiger partial charge >= 0.3 is 0 Å². The number of nitrogens with zero attached hydrogens (tertiary/aromatic N) is 14. The number of aryl methyl sites for hydroxylation is 15. The molecule has 0 radical (unpaired) electrons. The van der Waals surface area contributed by atoms with Crippen molar-refractivity contribution in [1.29, 1.82) is 0 Å². The molecule has 0 aliphatic heterocycles. The van der Waals surface area contributed by atoms with E-state index in [4.69, 9.17) is 0 Å². The summed E-state index contributed by atoms with van der Waals surface area (Å²) in [4.78, 5) is 0. The summed E-state index contributed by atoms with van der Waals surface area (Å²) < 4.78 is 30.6. The van der Waals surface area contributed by atoms with Crippen LogP contribution in [0.2, 0.25) is 0 Å². The molecular weight excluding hydrogens is 1470 g/mol. The van der Waals surface area contributed by atoms with Crippen LogP contribution in [0.25, 0.3) is 118 Å². The summed E-state index contributed by atoms with van der Waals surface area (Å²) in [5, 5.41) is 0. The van der Waals surface area contributed by atoms with Crippen LogP contribution in [0.5, 0.6) is 0 Å². The third-order valence-corrected chi connectivity index (χ3v) is 22.8. The maximum absolute atomic E-state index is 2.32. The zero-order valence-corrected chi connectivity index (χ0v) is 71.6. The lowest BCUT2D eigenvalue weighted by Crippen LogP contribution is -2.36. The minimum absolute atomic E-state index is 1.20. The number of hydrogen-bond donors (Lipinski definition) is 0. The van der Waals surface area contributed by atoms with Crippen molar-refractivity contribution < 1.29 is 32.0 Å². The van der Waals surface area contributed by atoms with Crippen LogP contribution in [0, 0.1) is 55.4 Å². The average Bonchev–Trinajstić information content (AvgIpc) is 1.39. The first-order valence-electron chi connectivity index (χ1n) is 41.0. The number of hydrogen-bond acceptors (Lipinski definition) is 0. The number of rotatable bonds is 7. The van der Waals surface area contributed by atoms with Crippen molar-refractivity contribution in [2.45, 2.75) is 55.4 Å². The minimum atomic E-state index is 1.20. The molecule has 0 unspecified atom stereocenters. The quantitative estimate of drug-likeness (QED) is 0.143. The van der Waals surface area contributed by atoms with Gasteiger partial charge in [0, 0.05) is 64.3 Å². The smallest absolute Gasteiger partial charge is 0.294 e. The van der Waals surface area contributed by atoms with Crippen LogP contribution in [-0.4, -0.2) is 31.2 Å². The van der Waals surface area contributed by atoms with Crippen LogP contribution in [0.4, 0.5) is 0 Å². The van der Waals surface area contributed by atoms with Crippen LogP contribution >= 0.6 is 0 Å². The summed E-state index contributed by atoms with van der Waals surface area (Å²) in [7, 11) is 14.6. The first-order valence-corrected chi connectivity index (χ1v) is 41.0. The third-order valence-electron chi connectivity index (χ3n) is 22.8. The second-order valence-electron chi connectivity index (χ2n) is 31.0. The van der Waals surface area contributed by atoms with Gasteiger partial charge in [-0.15, -0.1) is 18.4 Å². The minimum Gasteiger partial charge on any atom is -0.309 e. The van der Waals surface area contributed by atoms with Crippen molar-refractivity contribution in [3.05, 3.63) is 422 Å². The van der Waals surface area contributed by atoms with Gasteiger partial charge in [0.25, 0.3) is 17.1 Å². The van der Waals surface area contributed by atoms with E-state index in [1.54, 1.807) is 0 Å². The van der Waals surface area contributed by atoms with Crippen LogP contribution < -0.4 is 32.0 Å². The van der Waals surface area contributed by atoms with Crippen molar-refractivity contribution in [3.63, 3.8) is 0 Å². The van der Waals surface area contributed by atoms with E-state index in [1.165, 1.54) is 162 Å². The van der Waals surface area contributed by atoms with Gasteiger partial charge in [0.15, 0.2) is 48.9 Å². The Morgan fingerprint density at radius 1 is 0.308 bits per heavy atom. The van der Waals surface area contributed by atoms with Crippen molar-refractivity contribution in [2.24, 2.45) is 49.3 Å². The van der Waals surface area contributed by atoms with Gasteiger partial charge in [0.1, 0.15) is 41.9 Å². The molecule has 15 aromatic heterocycles. The Morgan fingerprint density at radius 3 is 1.50 bits per heavy atom. The first-order chi connectivity index (χ1) is 58.3. The lowest BCUT2D eigenvalue weighted by molar-refractivity contribution is -0.740. The van der Waals surface area contributed by atoms with Gasteiger partial charge in [-0.2, -0.15) is 8.97 Å². The molecule has 21 rings (SSSR count). The molecule has 594 valence electrons. The van der Waals surface area contributed by atoms with E-state index in [2.05, 4.69) is 546 Å². The Hall–Kier alpha value is -14.6. The van der Waals surface area contributed by atoms with Gasteiger partial charge in [-0.05, 0) is 203 Å². The zero-order valence-electron chi connectivity index (χ0n) is 71.6. The summed E-state index contributed by atoms with van der Waals surface area (Å²) in [5.74, 6) is 1.22. The Bertz CT molecular complexity index is 6830. The molecule has 14 nitrogen and oxygen atoms in total. The van der Waals surface area contributed by atoms with Crippen molar-refractivity contribution >= 4 is 38.9 Å². The van der Waals surface area contributed by atoms with E-state index in [1.807, 2.05) is 0 Å². The number of imidazole rings is 3. The van der Waals surface area contributed by atoms with Gasteiger partial charge in [0.2, 0.25) is 17.7 Å². The fourth-order valence-corrected chi connectivity index (χ4v) is 16.5. The highest BCUT2D eigenvalue weighted by atomic mass is 15.3. The second kappa shape index (κ2) is 35.9. The molecule has 0 aliphatic rings. The molecule has 0 spiro atoms. The zero-order chi connectivity index (χ0) is 83.7. The Balaban J connectivity index is 0.000000109. The number of aromatic nitrogens is 14. The molecule has 0 fully saturated rings. The molecule has 6 aromatic carbocycles.